The lowest BCUT2D eigenvalue weighted by Crippen LogP contribution is -1.94. The maximum Gasteiger partial charge on any atom is 0.0178 e. The molecule has 0 aliphatic carbocycles. The highest BCUT2D eigenvalue weighted by Gasteiger charge is 1.85. The van der Waals surface area contributed by atoms with E-state index in [2.05, 4.69) is 66.2 Å². The molecule has 0 fully saturated rings. The quantitative estimate of drug-likeness (QED) is 0.763. The van der Waals surface area contributed by atoms with Gasteiger partial charge in [0.15, 0.2) is 0 Å². The van der Waals surface area contributed by atoms with Crippen molar-refractivity contribution in [2.24, 2.45) is 5.73 Å². The standard InChI is InChI=1S/C8H11N.C7H7Br.C2H6/c1-7-2-4-8(6-9)5-3-7;1-6-2-4-7(8)5-3-6;1-2/h2-5H,6,9H2,1H3;2-5H,1H3;1-2H3. The average molecular weight is 322 g/mol. The van der Waals surface area contributed by atoms with E-state index < -0.39 is 0 Å². The van der Waals surface area contributed by atoms with E-state index in [9.17, 15) is 0 Å². The topological polar surface area (TPSA) is 26.0 Å². The van der Waals surface area contributed by atoms with E-state index in [0.29, 0.717) is 6.54 Å². The van der Waals surface area contributed by atoms with Crippen molar-refractivity contribution in [1.82, 2.24) is 0 Å². The minimum Gasteiger partial charge on any atom is -0.326 e. The molecule has 0 heterocycles. The second-order valence-corrected chi connectivity index (χ2v) is 4.90. The number of aryl methyl sites for hydroxylation is 2. The molecule has 0 atom stereocenters. The van der Waals surface area contributed by atoms with Gasteiger partial charge in [-0.15, -0.1) is 0 Å². The molecule has 2 N–H and O–H groups in total. The zero-order valence-corrected chi connectivity index (χ0v) is 13.9. The summed E-state index contributed by atoms with van der Waals surface area (Å²) in [4.78, 5) is 0. The van der Waals surface area contributed by atoms with Gasteiger partial charge in [-0.1, -0.05) is 77.3 Å². The Morgan fingerprint density at radius 3 is 1.47 bits per heavy atom. The number of rotatable bonds is 1. The van der Waals surface area contributed by atoms with E-state index in [-0.39, 0.29) is 0 Å². The van der Waals surface area contributed by atoms with E-state index in [1.165, 1.54) is 16.7 Å². The van der Waals surface area contributed by atoms with Crippen molar-refractivity contribution in [3.63, 3.8) is 0 Å². The molecular weight excluding hydrogens is 298 g/mol. The van der Waals surface area contributed by atoms with Crippen LogP contribution in [0.3, 0.4) is 0 Å². The fourth-order valence-electron chi connectivity index (χ4n) is 1.26. The molecule has 0 aliphatic heterocycles. The molecule has 0 saturated heterocycles. The lowest BCUT2D eigenvalue weighted by Gasteiger charge is -1.94. The third kappa shape index (κ3) is 8.57. The Morgan fingerprint density at radius 1 is 0.789 bits per heavy atom. The van der Waals surface area contributed by atoms with Crippen molar-refractivity contribution in [3.8, 4) is 0 Å². The van der Waals surface area contributed by atoms with Crippen LogP contribution in [0.2, 0.25) is 0 Å². The molecule has 2 rings (SSSR count). The Balaban J connectivity index is 0.000000303. The van der Waals surface area contributed by atoms with Crippen LogP contribution < -0.4 is 5.73 Å². The largest absolute Gasteiger partial charge is 0.326 e. The van der Waals surface area contributed by atoms with Gasteiger partial charge in [0.1, 0.15) is 0 Å². The maximum atomic E-state index is 5.40. The molecule has 0 unspecified atom stereocenters. The Morgan fingerprint density at radius 2 is 1.16 bits per heavy atom. The van der Waals surface area contributed by atoms with Gasteiger partial charge in [-0.25, -0.2) is 0 Å². The number of nitrogens with two attached hydrogens (primary N) is 1. The van der Waals surface area contributed by atoms with Gasteiger partial charge in [-0.05, 0) is 31.5 Å². The van der Waals surface area contributed by atoms with Gasteiger partial charge in [0.25, 0.3) is 0 Å². The number of benzene rings is 2. The summed E-state index contributed by atoms with van der Waals surface area (Å²) >= 11 is 3.35. The summed E-state index contributed by atoms with van der Waals surface area (Å²) in [6, 6.07) is 16.5. The molecule has 0 amide bonds. The molecular formula is C17H24BrN. The lowest BCUT2D eigenvalue weighted by atomic mass is 10.2. The van der Waals surface area contributed by atoms with Crippen LogP contribution in [0.1, 0.15) is 30.5 Å². The predicted octanol–water partition coefficient (Wildman–Crippen LogP) is 5.24. The summed E-state index contributed by atoms with van der Waals surface area (Å²) in [6.07, 6.45) is 0. The summed E-state index contributed by atoms with van der Waals surface area (Å²) in [6.45, 7) is 8.78. The first kappa shape index (κ1) is 17.9. The van der Waals surface area contributed by atoms with Crippen LogP contribution in [-0.2, 0) is 6.54 Å². The van der Waals surface area contributed by atoms with Crippen molar-refractivity contribution < 1.29 is 0 Å². The Bertz CT molecular complexity index is 411. The highest BCUT2D eigenvalue weighted by atomic mass is 79.9. The van der Waals surface area contributed by atoms with E-state index in [1.807, 2.05) is 26.0 Å². The summed E-state index contributed by atoms with van der Waals surface area (Å²) in [7, 11) is 0. The van der Waals surface area contributed by atoms with Gasteiger partial charge >= 0.3 is 0 Å². The van der Waals surface area contributed by atoms with Gasteiger partial charge in [0.2, 0.25) is 0 Å². The van der Waals surface area contributed by atoms with E-state index in [1.54, 1.807) is 0 Å². The van der Waals surface area contributed by atoms with Crippen molar-refractivity contribution in [1.29, 1.82) is 0 Å². The molecule has 2 aromatic carbocycles. The fraction of sp³-hybridized carbons (Fsp3) is 0.294. The first-order valence-corrected chi connectivity index (χ1v) is 7.39. The second-order valence-electron chi connectivity index (χ2n) is 3.99. The number of hydrogen-bond acceptors (Lipinski definition) is 1. The maximum absolute atomic E-state index is 5.40. The Kier molecular flexibility index (Phi) is 10.1. The first-order chi connectivity index (χ1) is 9.11. The predicted molar refractivity (Wildman–Crippen MR) is 89.3 cm³/mol. The monoisotopic (exact) mass is 321 g/mol. The summed E-state index contributed by atoms with van der Waals surface area (Å²) in [5.74, 6) is 0. The van der Waals surface area contributed by atoms with Gasteiger partial charge in [-0.2, -0.15) is 0 Å². The van der Waals surface area contributed by atoms with Crippen LogP contribution in [0.25, 0.3) is 0 Å². The average Bonchev–Trinajstić information content (AvgIpc) is 2.46. The van der Waals surface area contributed by atoms with E-state index in [0.717, 1.165) is 4.47 Å². The molecule has 0 radical (unpaired) electrons. The number of halogens is 1. The SMILES string of the molecule is CC.Cc1ccc(Br)cc1.Cc1ccc(CN)cc1. The molecule has 0 aromatic heterocycles. The summed E-state index contributed by atoms with van der Waals surface area (Å²) in [5.41, 5.74) is 9.18. The van der Waals surface area contributed by atoms with E-state index >= 15 is 0 Å². The minimum atomic E-state index is 0.639. The molecule has 0 aliphatic rings. The Hall–Kier alpha value is -1.12. The van der Waals surface area contributed by atoms with Gasteiger partial charge < -0.3 is 5.73 Å². The van der Waals surface area contributed by atoms with Gasteiger partial charge in [0.05, 0.1) is 0 Å². The Labute approximate surface area is 126 Å². The molecule has 19 heavy (non-hydrogen) atoms. The number of hydrogen-bond donors (Lipinski definition) is 1. The van der Waals surface area contributed by atoms with Crippen LogP contribution in [0.15, 0.2) is 53.0 Å². The highest BCUT2D eigenvalue weighted by molar-refractivity contribution is 9.10. The van der Waals surface area contributed by atoms with Crippen molar-refractivity contribution >= 4 is 15.9 Å². The molecule has 2 aromatic rings. The van der Waals surface area contributed by atoms with Crippen LogP contribution in [-0.4, -0.2) is 0 Å². The molecule has 0 saturated carbocycles. The van der Waals surface area contributed by atoms with Crippen LogP contribution in [0, 0.1) is 13.8 Å². The first-order valence-electron chi connectivity index (χ1n) is 6.59. The minimum absolute atomic E-state index is 0.639. The zero-order valence-electron chi connectivity index (χ0n) is 12.3. The second kappa shape index (κ2) is 10.8. The molecule has 2 heteroatoms. The summed E-state index contributed by atoms with van der Waals surface area (Å²) in [5, 5.41) is 0. The summed E-state index contributed by atoms with van der Waals surface area (Å²) < 4.78 is 1.14. The van der Waals surface area contributed by atoms with Crippen molar-refractivity contribution in [2.75, 3.05) is 0 Å². The van der Waals surface area contributed by atoms with Gasteiger partial charge in [0, 0.05) is 11.0 Å². The normalized spacial score (nSPS) is 8.74. The van der Waals surface area contributed by atoms with Crippen LogP contribution in [0.4, 0.5) is 0 Å². The lowest BCUT2D eigenvalue weighted by molar-refractivity contribution is 1.07. The fourth-order valence-corrected chi connectivity index (χ4v) is 1.52. The molecule has 0 spiro atoms. The third-order valence-electron chi connectivity index (χ3n) is 2.37. The molecule has 104 valence electrons. The van der Waals surface area contributed by atoms with Crippen LogP contribution >= 0.6 is 15.9 Å². The molecule has 0 bridgehead atoms. The molecule has 1 nitrogen and oxygen atoms in total. The van der Waals surface area contributed by atoms with E-state index in [4.69, 9.17) is 5.73 Å². The smallest absolute Gasteiger partial charge is 0.0178 e. The highest BCUT2D eigenvalue weighted by Crippen LogP contribution is 2.08. The van der Waals surface area contributed by atoms with Gasteiger partial charge in [-0.3, -0.25) is 0 Å². The van der Waals surface area contributed by atoms with Crippen molar-refractivity contribution in [3.05, 3.63) is 69.7 Å². The van der Waals surface area contributed by atoms with Crippen molar-refractivity contribution in [2.45, 2.75) is 34.2 Å². The third-order valence-corrected chi connectivity index (χ3v) is 2.90. The zero-order chi connectivity index (χ0) is 14.7. The van der Waals surface area contributed by atoms with Crippen LogP contribution in [0.5, 0.6) is 0 Å².